The molecular weight excluding hydrogens is 395 g/mol. The summed E-state index contributed by atoms with van der Waals surface area (Å²) >= 11 is 0. The maximum atomic E-state index is 13.6. The zero-order chi connectivity index (χ0) is 21.6. The van der Waals surface area contributed by atoms with E-state index in [1.807, 2.05) is 0 Å². The highest BCUT2D eigenvalue weighted by Gasteiger charge is 2.37. The number of nitrogens with zero attached hydrogens (tertiary/aromatic N) is 3. The molecule has 0 radical (unpaired) electrons. The number of alkyl halides is 3. The normalized spacial score (nSPS) is 14.7. The number of ether oxygens (including phenoxy) is 2. The molecule has 0 spiro atoms. The van der Waals surface area contributed by atoms with Crippen LogP contribution in [-0.2, 0) is 6.18 Å². The van der Waals surface area contributed by atoms with Gasteiger partial charge in [-0.2, -0.15) is 18.2 Å². The molecule has 1 aliphatic rings. The third kappa shape index (κ3) is 5.77. The van der Waals surface area contributed by atoms with Crippen molar-refractivity contribution in [3.05, 3.63) is 36.0 Å². The van der Waals surface area contributed by atoms with Crippen LogP contribution in [0.1, 0.15) is 57.4 Å². The number of hydrogen-bond donors (Lipinski definition) is 0. The number of halogens is 3. The SMILES string of the molecule is CCCCCOc1ccc(N(C)c2nc(OC3CCCC3)ncc2C(F)(F)F)cc1. The molecule has 0 aliphatic heterocycles. The zero-order valence-electron chi connectivity index (χ0n) is 17.4. The number of benzene rings is 1. The van der Waals surface area contributed by atoms with Crippen molar-refractivity contribution in [1.29, 1.82) is 0 Å². The van der Waals surface area contributed by atoms with Gasteiger partial charge in [0, 0.05) is 18.9 Å². The summed E-state index contributed by atoms with van der Waals surface area (Å²) < 4.78 is 52.1. The summed E-state index contributed by atoms with van der Waals surface area (Å²) in [5.74, 6) is 0.453. The molecule has 3 rings (SSSR count). The van der Waals surface area contributed by atoms with E-state index >= 15 is 0 Å². The molecule has 0 amide bonds. The van der Waals surface area contributed by atoms with E-state index in [2.05, 4.69) is 16.9 Å². The molecule has 1 aliphatic carbocycles. The van der Waals surface area contributed by atoms with Gasteiger partial charge < -0.3 is 14.4 Å². The Morgan fingerprint density at radius 1 is 1.10 bits per heavy atom. The largest absolute Gasteiger partial charge is 0.494 e. The predicted octanol–water partition coefficient (Wildman–Crippen LogP) is 6.15. The van der Waals surface area contributed by atoms with Gasteiger partial charge in [-0.25, -0.2) is 4.98 Å². The highest BCUT2D eigenvalue weighted by Crippen LogP contribution is 2.38. The van der Waals surface area contributed by atoms with Crippen molar-refractivity contribution in [3.63, 3.8) is 0 Å². The van der Waals surface area contributed by atoms with Gasteiger partial charge in [-0.05, 0) is 56.4 Å². The van der Waals surface area contributed by atoms with E-state index in [0.717, 1.165) is 51.1 Å². The Morgan fingerprint density at radius 2 is 1.80 bits per heavy atom. The molecule has 0 atom stereocenters. The monoisotopic (exact) mass is 423 g/mol. The van der Waals surface area contributed by atoms with Crippen molar-refractivity contribution in [1.82, 2.24) is 9.97 Å². The first-order valence-corrected chi connectivity index (χ1v) is 10.5. The number of unbranched alkanes of at least 4 members (excludes halogenated alkanes) is 2. The van der Waals surface area contributed by atoms with Crippen molar-refractivity contribution >= 4 is 11.5 Å². The Kier molecular flexibility index (Phi) is 7.39. The summed E-state index contributed by atoms with van der Waals surface area (Å²) in [5.41, 5.74) is -0.337. The van der Waals surface area contributed by atoms with Crippen molar-refractivity contribution in [2.24, 2.45) is 0 Å². The zero-order valence-corrected chi connectivity index (χ0v) is 17.4. The Hall–Kier alpha value is -2.51. The fourth-order valence-corrected chi connectivity index (χ4v) is 3.46. The van der Waals surface area contributed by atoms with Gasteiger partial charge in [0.05, 0.1) is 6.61 Å². The van der Waals surface area contributed by atoms with Crippen molar-refractivity contribution in [3.8, 4) is 11.8 Å². The Morgan fingerprint density at radius 3 is 2.43 bits per heavy atom. The second kappa shape index (κ2) is 10.00. The summed E-state index contributed by atoms with van der Waals surface area (Å²) in [6.07, 6.45) is 3.20. The van der Waals surface area contributed by atoms with Gasteiger partial charge in [0.2, 0.25) is 0 Å². The van der Waals surface area contributed by atoms with E-state index in [9.17, 15) is 13.2 Å². The van der Waals surface area contributed by atoms with E-state index < -0.39 is 11.7 Å². The van der Waals surface area contributed by atoms with E-state index in [-0.39, 0.29) is 17.9 Å². The molecule has 1 heterocycles. The van der Waals surface area contributed by atoms with Crippen LogP contribution < -0.4 is 14.4 Å². The molecule has 1 aromatic heterocycles. The first kappa shape index (κ1) is 22.2. The summed E-state index contributed by atoms with van der Waals surface area (Å²) in [6, 6.07) is 6.92. The van der Waals surface area contributed by atoms with E-state index in [1.54, 1.807) is 31.3 Å². The predicted molar refractivity (Wildman–Crippen MR) is 109 cm³/mol. The van der Waals surface area contributed by atoms with Crippen LogP contribution >= 0.6 is 0 Å². The van der Waals surface area contributed by atoms with Gasteiger partial charge in [-0.3, -0.25) is 0 Å². The van der Waals surface area contributed by atoms with Crippen LogP contribution in [0.3, 0.4) is 0 Å². The highest BCUT2D eigenvalue weighted by molar-refractivity contribution is 5.63. The minimum atomic E-state index is -4.57. The lowest BCUT2D eigenvalue weighted by Crippen LogP contribution is -2.20. The standard InChI is InChI=1S/C22H28F3N3O2/c1-3-4-7-14-29-17-12-10-16(11-13-17)28(2)20-19(22(23,24)25)15-26-21(27-20)30-18-8-5-6-9-18/h10-13,15,18H,3-9,14H2,1-2H3. The number of rotatable bonds is 9. The summed E-state index contributed by atoms with van der Waals surface area (Å²) in [7, 11) is 1.55. The average Bonchev–Trinajstić information content (AvgIpc) is 3.23. The summed E-state index contributed by atoms with van der Waals surface area (Å²) in [6.45, 7) is 2.74. The van der Waals surface area contributed by atoms with Crippen LogP contribution in [0.4, 0.5) is 24.7 Å². The van der Waals surface area contributed by atoms with Crippen molar-refractivity contribution in [2.45, 2.75) is 64.1 Å². The maximum absolute atomic E-state index is 13.6. The van der Waals surface area contributed by atoms with E-state index in [1.165, 1.54) is 4.90 Å². The Bertz CT molecular complexity index is 806. The minimum Gasteiger partial charge on any atom is -0.494 e. The van der Waals surface area contributed by atoms with Gasteiger partial charge in [-0.1, -0.05) is 19.8 Å². The molecule has 1 saturated carbocycles. The van der Waals surface area contributed by atoms with Crippen LogP contribution in [0, 0.1) is 0 Å². The fraction of sp³-hybridized carbons (Fsp3) is 0.545. The molecule has 1 fully saturated rings. The lowest BCUT2D eigenvalue weighted by molar-refractivity contribution is -0.137. The molecule has 0 saturated heterocycles. The first-order chi connectivity index (χ1) is 14.4. The number of anilines is 2. The Balaban J connectivity index is 1.79. The molecule has 0 N–H and O–H groups in total. The van der Waals surface area contributed by atoms with Gasteiger partial charge in [0.25, 0.3) is 0 Å². The third-order valence-electron chi connectivity index (χ3n) is 5.18. The number of hydrogen-bond acceptors (Lipinski definition) is 5. The molecule has 0 unspecified atom stereocenters. The second-order valence-electron chi connectivity index (χ2n) is 7.52. The van der Waals surface area contributed by atoms with Crippen LogP contribution in [-0.4, -0.2) is 29.7 Å². The van der Waals surface area contributed by atoms with Gasteiger partial charge in [0.1, 0.15) is 17.4 Å². The molecule has 164 valence electrons. The molecule has 0 bridgehead atoms. The fourth-order valence-electron chi connectivity index (χ4n) is 3.46. The quantitative estimate of drug-likeness (QED) is 0.453. The van der Waals surface area contributed by atoms with Crippen LogP contribution in [0.5, 0.6) is 11.8 Å². The molecular formula is C22H28F3N3O2. The minimum absolute atomic E-state index is 0.0207. The van der Waals surface area contributed by atoms with Crippen LogP contribution in [0.25, 0.3) is 0 Å². The highest BCUT2D eigenvalue weighted by atomic mass is 19.4. The summed E-state index contributed by atoms with van der Waals surface area (Å²) in [5, 5.41) is 0. The number of aromatic nitrogens is 2. The molecule has 8 heteroatoms. The topological polar surface area (TPSA) is 47.5 Å². The lowest BCUT2D eigenvalue weighted by Gasteiger charge is -2.23. The van der Waals surface area contributed by atoms with E-state index in [0.29, 0.717) is 18.0 Å². The lowest BCUT2D eigenvalue weighted by atomic mass is 10.2. The van der Waals surface area contributed by atoms with E-state index in [4.69, 9.17) is 9.47 Å². The molecule has 5 nitrogen and oxygen atoms in total. The third-order valence-corrected chi connectivity index (χ3v) is 5.18. The van der Waals surface area contributed by atoms with Crippen LogP contribution in [0.2, 0.25) is 0 Å². The smallest absolute Gasteiger partial charge is 0.421 e. The Labute approximate surface area is 175 Å². The summed E-state index contributed by atoms with van der Waals surface area (Å²) in [4.78, 5) is 9.32. The van der Waals surface area contributed by atoms with Gasteiger partial charge >= 0.3 is 12.2 Å². The van der Waals surface area contributed by atoms with Gasteiger partial charge in [-0.15, -0.1) is 0 Å². The van der Waals surface area contributed by atoms with Crippen molar-refractivity contribution in [2.75, 3.05) is 18.6 Å². The molecule has 30 heavy (non-hydrogen) atoms. The van der Waals surface area contributed by atoms with Crippen molar-refractivity contribution < 1.29 is 22.6 Å². The average molecular weight is 423 g/mol. The molecule has 1 aromatic carbocycles. The second-order valence-corrected chi connectivity index (χ2v) is 7.52. The van der Waals surface area contributed by atoms with Crippen LogP contribution in [0.15, 0.2) is 30.5 Å². The maximum Gasteiger partial charge on any atom is 0.421 e. The first-order valence-electron chi connectivity index (χ1n) is 10.5. The molecule has 2 aromatic rings. The van der Waals surface area contributed by atoms with Gasteiger partial charge in [0.15, 0.2) is 5.82 Å².